The molecule has 2 aromatic carbocycles. The average Bonchev–Trinajstić information content (AvgIpc) is 2.73. The Balaban J connectivity index is 1.62. The van der Waals surface area contributed by atoms with E-state index < -0.39 is 23.5 Å². The number of carbonyl (C=O) groups is 1. The van der Waals surface area contributed by atoms with E-state index in [4.69, 9.17) is 0 Å². The van der Waals surface area contributed by atoms with Crippen LogP contribution in [0.25, 0.3) is 0 Å². The summed E-state index contributed by atoms with van der Waals surface area (Å²) in [6.07, 6.45) is -11.8. The summed E-state index contributed by atoms with van der Waals surface area (Å²) in [5.41, 5.74) is -5.35. The monoisotopic (exact) mass is 462 g/mol. The maximum absolute atomic E-state index is 13.0. The molecule has 2 N–H and O–H groups in total. The number of halogens is 6. The highest BCUT2D eigenvalue weighted by molar-refractivity contribution is 5.94. The van der Waals surface area contributed by atoms with Crippen LogP contribution in [0.15, 0.2) is 48.5 Å². The summed E-state index contributed by atoms with van der Waals surface area (Å²) in [6, 6.07) is 9.32. The number of rotatable bonds is 4. The summed E-state index contributed by atoms with van der Waals surface area (Å²) in [6.45, 7) is 1.96. The third kappa shape index (κ3) is 4.68. The fourth-order valence-electron chi connectivity index (χ4n) is 3.49. The van der Waals surface area contributed by atoms with E-state index in [0.29, 0.717) is 49.4 Å². The largest absolute Gasteiger partial charge is 0.508 e. The van der Waals surface area contributed by atoms with Gasteiger partial charge in [0, 0.05) is 43.9 Å². The van der Waals surface area contributed by atoms with Gasteiger partial charge in [-0.25, -0.2) is 0 Å². The molecule has 5 nitrogen and oxygen atoms in total. The number of benzene rings is 2. The zero-order chi connectivity index (χ0) is 23.7. The van der Waals surface area contributed by atoms with E-state index >= 15 is 0 Å². The molecule has 11 heteroatoms. The molecule has 0 aliphatic carbocycles. The number of phenols is 1. The highest BCUT2D eigenvalue weighted by Crippen LogP contribution is 2.49. The number of hydrogen-bond donors (Lipinski definition) is 2. The molecule has 32 heavy (non-hydrogen) atoms. The molecular formula is C21H20F6N2O3. The smallest absolute Gasteiger partial charge is 0.430 e. The first-order chi connectivity index (χ1) is 14.8. The summed E-state index contributed by atoms with van der Waals surface area (Å²) < 4.78 is 77.9. The summed E-state index contributed by atoms with van der Waals surface area (Å²) in [5.74, 6) is -0.158. The van der Waals surface area contributed by atoms with Crippen molar-refractivity contribution in [3.8, 4) is 5.75 Å². The van der Waals surface area contributed by atoms with E-state index in [0.717, 1.165) is 12.1 Å². The van der Waals surface area contributed by atoms with Crippen molar-refractivity contribution in [1.29, 1.82) is 0 Å². The van der Waals surface area contributed by atoms with Gasteiger partial charge in [-0.05, 0) is 29.8 Å². The number of piperazine rings is 1. The van der Waals surface area contributed by atoms with Crippen molar-refractivity contribution in [3.05, 3.63) is 65.2 Å². The van der Waals surface area contributed by atoms with Gasteiger partial charge in [-0.15, -0.1) is 0 Å². The lowest BCUT2D eigenvalue weighted by Gasteiger charge is -2.35. The Morgan fingerprint density at radius 3 is 1.78 bits per heavy atom. The van der Waals surface area contributed by atoms with Crippen molar-refractivity contribution >= 4 is 5.91 Å². The molecule has 0 saturated carbocycles. The molecule has 1 aliphatic heterocycles. The lowest BCUT2D eigenvalue weighted by atomic mass is 9.91. The van der Waals surface area contributed by atoms with Gasteiger partial charge in [0.1, 0.15) is 5.75 Å². The van der Waals surface area contributed by atoms with Crippen molar-refractivity contribution in [2.75, 3.05) is 26.2 Å². The van der Waals surface area contributed by atoms with Crippen molar-refractivity contribution in [2.24, 2.45) is 0 Å². The van der Waals surface area contributed by atoms with Gasteiger partial charge in [0.25, 0.3) is 11.5 Å². The quantitative estimate of drug-likeness (QED) is 0.681. The van der Waals surface area contributed by atoms with Crippen LogP contribution in [0.3, 0.4) is 0 Å². The molecule has 0 aromatic heterocycles. The Morgan fingerprint density at radius 1 is 0.812 bits per heavy atom. The van der Waals surface area contributed by atoms with E-state index in [2.05, 4.69) is 0 Å². The normalized spacial score (nSPS) is 16.3. The highest BCUT2D eigenvalue weighted by Gasteiger charge is 2.71. The predicted molar refractivity (Wildman–Crippen MR) is 102 cm³/mol. The van der Waals surface area contributed by atoms with Crippen molar-refractivity contribution < 1.29 is 41.4 Å². The lowest BCUT2D eigenvalue weighted by molar-refractivity contribution is -0.376. The molecule has 1 amide bonds. The number of phenolic OH excluding ortho intramolecular Hbond substituents is 1. The van der Waals surface area contributed by atoms with Crippen LogP contribution >= 0.6 is 0 Å². The van der Waals surface area contributed by atoms with Gasteiger partial charge in [0.05, 0.1) is 0 Å². The molecule has 1 fully saturated rings. The van der Waals surface area contributed by atoms with Gasteiger partial charge in [-0.3, -0.25) is 9.69 Å². The molecule has 3 rings (SSSR count). The molecule has 1 heterocycles. The number of alkyl halides is 6. The third-order valence-electron chi connectivity index (χ3n) is 5.37. The first kappa shape index (κ1) is 23.9. The lowest BCUT2D eigenvalue weighted by Crippen LogP contribution is -2.53. The minimum absolute atomic E-state index is 0.0429. The van der Waals surface area contributed by atoms with Crippen molar-refractivity contribution in [1.82, 2.24) is 9.80 Å². The van der Waals surface area contributed by atoms with Crippen LogP contribution in [-0.4, -0.2) is 64.5 Å². The predicted octanol–water partition coefficient (Wildman–Crippen LogP) is 3.66. The van der Waals surface area contributed by atoms with Gasteiger partial charge >= 0.3 is 12.4 Å². The summed E-state index contributed by atoms with van der Waals surface area (Å²) >= 11 is 0. The van der Waals surface area contributed by atoms with E-state index in [-0.39, 0.29) is 18.2 Å². The Hall–Kier alpha value is -2.79. The fourth-order valence-corrected chi connectivity index (χ4v) is 3.49. The molecule has 1 saturated heterocycles. The molecule has 0 spiro atoms. The summed E-state index contributed by atoms with van der Waals surface area (Å²) in [5, 5.41) is 18.8. The molecule has 0 atom stereocenters. The number of nitrogens with zero attached hydrogens (tertiary/aromatic N) is 2. The second-order valence-electron chi connectivity index (χ2n) is 7.52. The van der Waals surface area contributed by atoms with E-state index in [1.54, 1.807) is 4.90 Å². The molecule has 0 bridgehead atoms. The van der Waals surface area contributed by atoms with Crippen LogP contribution in [0, 0.1) is 0 Å². The number of aromatic hydroxyl groups is 1. The number of carbonyl (C=O) groups excluding carboxylic acids is 1. The highest BCUT2D eigenvalue weighted by atomic mass is 19.4. The van der Waals surface area contributed by atoms with Crippen LogP contribution in [-0.2, 0) is 12.1 Å². The van der Waals surface area contributed by atoms with Crippen LogP contribution in [0.2, 0.25) is 0 Å². The Bertz CT molecular complexity index is 920. The van der Waals surface area contributed by atoms with Crippen molar-refractivity contribution in [3.63, 3.8) is 0 Å². The molecule has 174 valence electrons. The number of hydrogen-bond acceptors (Lipinski definition) is 4. The van der Waals surface area contributed by atoms with Gasteiger partial charge in [0.15, 0.2) is 0 Å². The maximum atomic E-state index is 13.0. The molecular weight excluding hydrogens is 442 g/mol. The molecule has 1 aliphatic rings. The summed E-state index contributed by atoms with van der Waals surface area (Å²) in [7, 11) is 0. The van der Waals surface area contributed by atoms with E-state index in [1.807, 2.05) is 4.90 Å². The Labute approximate surface area is 179 Å². The van der Waals surface area contributed by atoms with Gasteiger partial charge in [-0.1, -0.05) is 24.3 Å². The number of aliphatic hydroxyl groups is 1. The average molecular weight is 462 g/mol. The zero-order valence-corrected chi connectivity index (χ0v) is 16.6. The number of amides is 1. The Kier molecular flexibility index (Phi) is 6.43. The van der Waals surface area contributed by atoms with Crippen LogP contribution in [0.1, 0.15) is 21.5 Å². The topological polar surface area (TPSA) is 64.0 Å². The van der Waals surface area contributed by atoms with Gasteiger partial charge in [-0.2, -0.15) is 26.3 Å². The van der Waals surface area contributed by atoms with Crippen LogP contribution < -0.4 is 0 Å². The minimum atomic E-state index is -5.92. The van der Waals surface area contributed by atoms with Crippen LogP contribution in [0.4, 0.5) is 26.3 Å². The first-order valence-corrected chi connectivity index (χ1v) is 9.59. The second kappa shape index (κ2) is 8.62. The fraction of sp³-hybridized carbons (Fsp3) is 0.381. The van der Waals surface area contributed by atoms with Crippen LogP contribution in [0.5, 0.6) is 5.75 Å². The van der Waals surface area contributed by atoms with Gasteiger partial charge < -0.3 is 15.1 Å². The first-order valence-electron chi connectivity index (χ1n) is 9.59. The van der Waals surface area contributed by atoms with Crippen molar-refractivity contribution in [2.45, 2.75) is 24.5 Å². The molecule has 0 radical (unpaired) electrons. The maximum Gasteiger partial charge on any atom is 0.430 e. The van der Waals surface area contributed by atoms with E-state index in [9.17, 15) is 41.4 Å². The molecule has 0 unspecified atom stereocenters. The zero-order valence-electron chi connectivity index (χ0n) is 16.6. The second-order valence-corrected chi connectivity index (χ2v) is 7.52. The van der Waals surface area contributed by atoms with Gasteiger partial charge in [0.2, 0.25) is 0 Å². The summed E-state index contributed by atoms with van der Waals surface area (Å²) in [4.78, 5) is 16.0. The van der Waals surface area contributed by atoms with E-state index in [1.165, 1.54) is 24.3 Å². The Morgan fingerprint density at radius 2 is 1.31 bits per heavy atom. The third-order valence-corrected chi connectivity index (χ3v) is 5.37. The SMILES string of the molecule is O=C(c1ccc(O)cc1)N1CCN(Cc2ccc(C(O)(C(F)(F)F)C(F)(F)F)cc2)CC1. The minimum Gasteiger partial charge on any atom is -0.508 e. The molecule has 2 aromatic rings. The standard InChI is InChI=1S/C21H20F6N2O3/c22-20(23,24)19(32,21(25,26)27)16-5-1-14(2-6-16)13-28-9-11-29(12-10-28)18(31)15-3-7-17(30)8-4-15/h1-8,30,32H,9-13H2.